The number of carbonyl (C=O) groups is 1. The van der Waals surface area contributed by atoms with Gasteiger partial charge in [0, 0.05) is 18.8 Å². The lowest BCUT2D eigenvalue weighted by molar-refractivity contribution is 0.0614. The van der Waals surface area contributed by atoms with Crippen molar-refractivity contribution in [1.29, 1.82) is 0 Å². The van der Waals surface area contributed by atoms with Crippen LogP contribution >= 0.6 is 0 Å². The Kier molecular flexibility index (Phi) is 4.01. The van der Waals surface area contributed by atoms with Gasteiger partial charge in [0.2, 0.25) is 0 Å². The van der Waals surface area contributed by atoms with Gasteiger partial charge >= 0.3 is 0 Å². The van der Waals surface area contributed by atoms with Crippen LogP contribution in [0.3, 0.4) is 0 Å². The standard InChI is InChI=1S/C13H22N4O/c1-9-7-11(16-15-9)13(18)17(2)12-6-4-3-5-10(12)8-14/h7,10,12H,3-6,8,14H2,1-2H3,(H,15,16). The number of nitrogens with zero attached hydrogens (tertiary/aromatic N) is 2. The van der Waals surface area contributed by atoms with Gasteiger partial charge in [0.05, 0.1) is 0 Å². The van der Waals surface area contributed by atoms with Crippen molar-refractivity contribution in [3.05, 3.63) is 17.5 Å². The van der Waals surface area contributed by atoms with Crippen LogP contribution in [-0.2, 0) is 0 Å². The normalized spacial score (nSPS) is 23.9. The van der Waals surface area contributed by atoms with Gasteiger partial charge < -0.3 is 10.6 Å². The molecule has 1 fully saturated rings. The predicted molar refractivity (Wildman–Crippen MR) is 70.2 cm³/mol. The number of carbonyl (C=O) groups excluding carboxylic acids is 1. The molecule has 1 aromatic heterocycles. The highest BCUT2D eigenvalue weighted by molar-refractivity contribution is 5.92. The zero-order chi connectivity index (χ0) is 13.1. The summed E-state index contributed by atoms with van der Waals surface area (Å²) in [6.45, 7) is 2.55. The summed E-state index contributed by atoms with van der Waals surface area (Å²) in [7, 11) is 1.87. The van der Waals surface area contributed by atoms with Crippen LogP contribution in [0.2, 0.25) is 0 Å². The Hall–Kier alpha value is -1.36. The summed E-state index contributed by atoms with van der Waals surface area (Å²) in [4.78, 5) is 14.1. The minimum Gasteiger partial charge on any atom is -0.337 e. The van der Waals surface area contributed by atoms with Gasteiger partial charge in [0.25, 0.3) is 5.91 Å². The lowest BCUT2D eigenvalue weighted by Gasteiger charge is -2.37. The van der Waals surface area contributed by atoms with Crippen molar-refractivity contribution in [2.75, 3.05) is 13.6 Å². The van der Waals surface area contributed by atoms with Crippen molar-refractivity contribution in [2.24, 2.45) is 11.7 Å². The van der Waals surface area contributed by atoms with Crippen molar-refractivity contribution in [3.8, 4) is 0 Å². The average molecular weight is 250 g/mol. The lowest BCUT2D eigenvalue weighted by Crippen LogP contribution is -2.46. The molecule has 1 saturated carbocycles. The van der Waals surface area contributed by atoms with Crippen LogP contribution in [0.1, 0.15) is 41.9 Å². The molecular weight excluding hydrogens is 228 g/mol. The van der Waals surface area contributed by atoms with Crippen molar-refractivity contribution in [1.82, 2.24) is 15.1 Å². The molecule has 0 saturated heterocycles. The van der Waals surface area contributed by atoms with Gasteiger partial charge in [-0.15, -0.1) is 0 Å². The van der Waals surface area contributed by atoms with E-state index in [2.05, 4.69) is 10.2 Å². The van der Waals surface area contributed by atoms with Gasteiger partial charge in [-0.25, -0.2) is 0 Å². The fraction of sp³-hybridized carbons (Fsp3) is 0.692. The second-order valence-corrected chi connectivity index (χ2v) is 5.20. The highest BCUT2D eigenvalue weighted by Crippen LogP contribution is 2.27. The van der Waals surface area contributed by atoms with Crippen molar-refractivity contribution < 1.29 is 4.79 Å². The van der Waals surface area contributed by atoms with Crippen molar-refractivity contribution in [2.45, 2.75) is 38.6 Å². The number of rotatable bonds is 3. The Bertz CT molecular complexity index is 415. The smallest absolute Gasteiger partial charge is 0.274 e. The third kappa shape index (κ3) is 2.56. The average Bonchev–Trinajstić information content (AvgIpc) is 2.83. The number of aryl methyl sites for hydroxylation is 1. The van der Waals surface area contributed by atoms with Gasteiger partial charge in [-0.2, -0.15) is 5.10 Å². The summed E-state index contributed by atoms with van der Waals surface area (Å²) in [5, 5.41) is 6.85. The van der Waals surface area contributed by atoms with Gasteiger partial charge in [-0.3, -0.25) is 9.89 Å². The van der Waals surface area contributed by atoms with Gasteiger partial charge in [0.1, 0.15) is 5.69 Å². The molecule has 1 amide bonds. The molecule has 1 aliphatic rings. The zero-order valence-electron chi connectivity index (χ0n) is 11.1. The first-order valence-corrected chi connectivity index (χ1v) is 6.62. The summed E-state index contributed by atoms with van der Waals surface area (Å²) >= 11 is 0. The molecule has 5 heteroatoms. The molecule has 0 aromatic carbocycles. The molecular formula is C13H22N4O. The first-order chi connectivity index (χ1) is 8.63. The van der Waals surface area contributed by atoms with Crippen LogP contribution < -0.4 is 5.73 Å². The second kappa shape index (κ2) is 5.52. The van der Waals surface area contributed by atoms with Crippen LogP contribution in [0.15, 0.2) is 6.07 Å². The fourth-order valence-corrected chi connectivity index (χ4v) is 2.83. The maximum atomic E-state index is 12.3. The van der Waals surface area contributed by atoms with E-state index in [4.69, 9.17) is 5.73 Å². The van der Waals surface area contributed by atoms with Gasteiger partial charge in [-0.1, -0.05) is 12.8 Å². The van der Waals surface area contributed by atoms with E-state index in [0.29, 0.717) is 18.2 Å². The molecule has 2 atom stereocenters. The maximum absolute atomic E-state index is 12.3. The Morgan fingerprint density at radius 1 is 1.56 bits per heavy atom. The first-order valence-electron chi connectivity index (χ1n) is 6.62. The molecule has 1 heterocycles. The molecule has 0 spiro atoms. The van der Waals surface area contributed by atoms with Crippen LogP contribution in [0.25, 0.3) is 0 Å². The summed E-state index contributed by atoms with van der Waals surface area (Å²) in [6.07, 6.45) is 4.58. The largest absolute Gasteiger partial charge is 0.337 e. The van der Waals surface area contributed by atoms with Crippen LogP contribution in [0, 0.1) is 12.8 Å². The first kappa shape index (κ1) is 13.1. The lowest BCUT2D eigenvalue weighted by atomic mass is 9.83. The fourth-order valence-electron chi connectivity index (χ4n) is 2.83. The quantitative estimate of drug-likeness (QED) is 0.849. The summed E-state index contributed by atoms with van der Waals surface area (Å²) in [5.74, 6) is 0.414. The third-order valence-electron chi connectivity index (χ3n) is 3.91. The minimum atomic E-state index is -0.00954. The molecule has 18 heavy (non-hydrogen) atoms. The molecule has 3 N–H and O–H groups in total. The summed E-state index contributed by atoms with van der Waals surface area (Å²) < 4.78 is 0. The van der Waals surface area contributed by atoms with Crippen molar-refractivity contribution >= 4 is 5.91 Å². The second-order valence-electron chi connectivity index (χ2n) is 5.20. The molecule has 0 bridgehead atoms. The number of aromatic nitrogens is 2. The van der Waals surface area contributed by atoms with Crippen LogP contribution in [0.4, 0.5) is 0 Å². The molecule has 0 aliphatic heterocycles. The Labute approximate surface area is 108 Å². The number of aromatic amines is 1. The van der Waals surface area contributed by atoms with E-state index in [1.165, 1.54) is 12.8 Å². The maximum Gasteiger partial charge on any atom is 0.274 e. The summed E-state index contributed by atoms with van der Waals surface area (Å²) in [6, 6.07) is 2.05. The third-order valence-corrected chi connectivity index (χ3v) is 3.91. The van der Waals surface area contributed by atoms with E-state index >= 15 is 0 Å². The monoisotopic (exact) mass is 250 g/mol. The molecule has 2 rings (SSSR count). The minimum absolute atomic E-state index is 0.00954. The SMILES string of the molecule is Cc1cc(C(=O)N(C)C2CCCCC2CN)n[nH]1. The van der Waals surface area contributed by atoms with Gasteiger partial charge in [0.15, 0.2) is 0 Å². The predicted octanol–water partition coefficient (Wildman–Crippen LogP) is 1.31. The summed E-state index contributed by atoms with van der Waals surface area (Å²) in [5.41, 5.74) is 7.22. The van der Waals surface area contributed by atoms with Crippen LogP contribution in [-0.4, -0.2) is 40.6 Å². The van der Waals surface area contributed by atoms with Gasteiger partial charge in [-0.05, 0) is 38.3 Å². The Balaban J connectivity index is 2.09. The van der Waals surface area contributed by atoms with E-state index in [-0.39, 0.29) is 11.9 Å². The van der Waals surface area contributed by atoms with Crippen molar-refractivity contribution in [3.63, 3.8) is 0 Å². The highest BCUT2D eigenvalue weighted by Gasteiger charge is 2.30. The van der Waals surface area contributed by atoms with Crippen LogP contribution in [0.5, 0.6) is 0 Å². The Morgan fingerprint density at radius 3 is 2.89 bits per heavy atom. The Morgan fingerprint density at radius 2 is 2.28 bits per heavy atom. The number of nitrogens with two attached hydrogens (primary N) is 1. The number of hydrogen-bond donors (Lipinski definition) is 2. The molecule has 2 unspecified atom stereocenters. The van der Waals surface area contributed by atoms with E-state index < -0.39 is 0 Å². The number of H-pyrrole nitrogens is 1. The molecule has 100 valence electrons. The number of hydrogen-bond acceptors (Lipinski definition) is 3. The topological polar surface area (TPSA) is 75.0 Å². The highest BCUT2D eigenvalue weighted by atomic mass is 16.2. The number of amides is 1. The molecule has 1 aromatic rings. The zero-order valence-corrected chi connectivity index (χ0v) is 11.1. The number of nitrogens with one attached hydrogen (secondary N) is 1. The van der Waals surface area contributed by atoms with E-state index in [1.54, 1.807) is 6.07 Å². The molecule has 1 aliphatic carbocycles. The van der Waals surface area contributed by atoms with E-state index in [1.807, 2.05) is 18.9 Å². The van der Waals surface area contributed by atoms with E-state index in [9.17, 15) is 4.79 Å². The molecule has 0 radical (unpaired) electrons. The molecule has 5 nitrogen and oxygen atoms in total. The van der Waals surface area contributed by atoms with E-state index in [0.717, 1.165) is 18.5 Å².